The molecular weight excluding hydrogens is 202 g/mol. The summed E-state index contributed by atoms with van der Waals surface area (Å²) in [5.41, 5.74) is -0.634. The van der Waals surface area contributed by atoms with Crippen molar-refractivity contribution in [3.63, 3.8) is 0 Å². The monoisotopic (exact) mass is 221 g/mol. The van der Waals surface area contributed by atoms with Gasteiger partial charge in [0.05, 0.1) is 6.10 Å². The molecule has 1 aliphatic rings. The molecule has 1 heterocycles. The van der Waals surface area contributed by atoms with E-state index in [-0.39, 0.29) is 12.1 Å². The maximum atomic E-state index is 11.9. The first-order valence-corrected chi connectivity index (χ1v) is 6.52. The van der Waals surface area contributed by atoms with E-state index in [0.717, 1.165) is 0 Å². The fourth-order valence-corrected chi connectivity index (χ4v) is 3.67. The van der Waals surface area contributed by atoms with Gasteiger partial charge in [-0.3, -0.25) is 0 Å². The fourth-order valence-electron chi connectivity index (χ4n) is 1.65. The Labute approximate surface area is 86.3 Å². The average molecular weight is 221 g/mol. The van der Waals surface area contributed by atoms with Crippen LogP contribution >= 0.6 is 0 Å². The van der Waals surface area contributed by atoms with E-state index in [2.05, 4.69) is 0 Å². The van der Waals surface area contributed by atoms with Gasteiger partial charge in [0.15, 0.2) is 5.44 Å². The van der Waals surface area contributed by atoms with Gasteiger partial charge < -0.3 is 4.74 Å². The highest BCUT2D eigenvalue weighted by Gasteiger charge is 2.41. The van der Waals surface area contributed by atoms with Crippen molar-refractivity contribution in [1.82, 2.24) is 4.31 Å². The number of nitrogens with zero attached hydrogens (tertiary/aromatic N) is 1. The van der Waals surface area contributed by atoms with E-state index in [1.165, 1.54) is 4.31 Å². The highest BCUT2D eigenvalue weighted by Crippen LogP contribution is 2.25. The number of rotatable bonds is 3. The molecule has 0 radical (unpaired) electrons. The molecule has 0 aromatic heterocycles. The van der Waals surface area contributed by atoms with Crippen LogP contribution in [-0.4, -0.2) is 36.8 Å². The lowest BCUT2D eigenvalue weighted by Crippen LogP contribution is -2.36. The zero-order valence-corrected chi connectivity index (χ0v) is 10.0. The van der Waals surface area contributed by atoms with Crippen molar-refractivity contribution in [2.24, 2.45) is 0 Å². The second kappa shape index (κ2) is 4.16. The van der Waals surface area contributed by atoms with Crippen LogP contribution in [0.3, 0.4) is 0 Å². The van der Waals surface area contributed by atoms with Gasteiger partial charge in [-0.1, -0.05) is 0 Å². The van der Waals surface area contributed by atoms with Gasteiger partial charge in [-0.2, -0.15) is 4.31 Å². The van der Waals surface area contributed by atoms with Crippen LogP contribution in [0.4, 0.5) is 0 Å². The molecule has 0 aromatic rings. The lowest BCUT2D eigenvalue weighted by atomic mass is 10.3. The van der Waals surface area contributed by atoms with Crippen LogP contribution in [0.15, 0.2) is 0 Å². The number of hydrogen-bond acceptors (Lipinski definition) is 3. The van der Waals surface area contributed by atoms with Crippen molar-refractivity contribution >= 4 is 10.0 Å². The SMILES string of the molecule is CC(C)OC1CCN(C(C)C)S1(=O)=O. The summed E-state index contributed by atoms with van der Waals surface area (Å²) in [6.07, 6.45) is 0.542. The lowest BCUT2D eigenvalue weighted by molar-refractivity contribution is 0.0549. The van der Waals surface area contributed by atoms with E-state index in [9.17, 15) is 8.42 Å². The Morgan fingerprint density at radius 1 is 1.29 bits per heavy atom. The molecule has 1 unspecified atom stereocenters. The summed E-state index contributed by atoms with van der Waals surface area (Å²) < 4.78 is 30.6. The average Bonchev–Trinajstić information content (AvgIpc) is 2.26. The molecule has 1 atom stereocenters. The Kier molecular flexibility index (Phi) is 3.55. The molecule has 14 heavy (non-hydrogen) atoms. The molecule has 0 saturated carbocycles. The van der Waals surface area contributed by atoms with Gasteiger partial charge in [-0.15, -0.1) is 0 Å². The van der Waals surface area contributed by atoms with Crippen molar-refractivity contribution in [2.75, 3.05) is 6.54 Å². The van der Waals surface area contributed by atoms with Gasteiger partial charge in [0.25, 0.3) is 0 Å². The molecule has 4 nitrogen and oxygen atoms in total. The Hall–Kier alpha value is -0.130. The predicted molar refractivity (Wildman–Crippen MR) is 55.4 cm³/mol. The molecule has 1 rings (SSSR count). The molecule has 5 heteroatoms. The molecule has 0 bridgehead atoms. The Balaban J connectivity index is 2.77. The number of ether oxygens (including phenoxy) is 1. The molecular formula is C9H19NO3S. The summed E-state index contributed by atoms with van der Waals surface area (Å²) in [5, 5.41) is 0. The zero-order chi connectivity index (χ0) is 10.9. The van der Waals surface area contributed by atoms with E-state index in [4.69, 9.17) is 4.74 Å². The first-order valence-electron chi connectivity index (χ1n) is 5.02. The topological polar surface area (TPSA) is 46.6 Å². The third kappa shape index (κ3) is 2.27. The van der Waals surface area contributed by atoms with Crippen LogP contribution in [0.2, 0.25) is 0 Å². The van der Waals surface area contributed by atoms with Crippen LogP contribution in [0, 0.1) is 0 Å². The summed E-state index contributed by atoms with van der Waals surface area (Å²) in [6, 6.07) is 0.0285. The number of hydrogen-bond donors (Lipinski definition) is 0. The van der Waals surface area contributed by atoms with Gasteiger partial charge in [-0.25, -0.2) is 8.42 Å². The van der Waals surface area contributed by atoms with E-state index in [1.807, 2.05) is 27.7 Å². The van der Waals surface area contributed by atoms with Gasteiger partial charge in [0, 0.05) is 19.0 Å². The molecule has 0 aliphatic carbocycles. The summed E-state index contributed by atoms with van der Waals surface area (Å²) in [5.74, 6) is 0. The van der Waals surface area contributed by atoms with E-state index >= 15 is 0 Å². The molecule has 1 saturated heterocycles. The summed E-state index contributed by atoms with van der Waals surface area (Å²) >= 11 is 0. The number of sulfonamides is 1. The quantitative estimate of drug-likeness (QED) is 0.719. The second-order valence-electron chi connectivity index (χ2n) is 4.15. The van der Waals surface area contributed by atoms with E-state index < -0.39 is 15.5 Å². The highest BCUT2D eigenvalue weighted by molar-refractivity contribution is 7.89. The van der Waals surface area contributed by atoms with Crippen LogP contribution in [-0.2, 0) is 14.8 Å². The lowest BCUT2D eigenvalue weighted by Gasteiger charge is -2.21. The second-order valence-corrected chi connectivity index (χ2v) is 6.18. The molecule has 0 spiro atoms. The minimum Gasteiger partial charge on any atom is -0.358 e. The standard InChI is InChI=1S/C9H19NO3S/c1-7(2)10-6-5-9(13-8(3)4)14(10,11)12/h7-9H,5-6H2,1-4H3. The first-order chi connectivity index (χ1) is 6.35. The third-order valence-electron chi connectivity index (χ3n) is 2.24. The largest absolute Gasteiger partial charge is 0.358 e. The zero-order valence-electron chi connectivity index (χ0n) is 9.23. The maximum Gasteiger partial charge on any atom is 0.241 e. The van der Waals surface area contributed by atoms with E-state index in [1.54, 1.807) is 0 Å². The Morgan fingerprint density at radius 2 is 1.86 bits per heavy atom. The molecule has 84 valence electrons. The summed E-state index contributed by atoms with van der Waals surface area (Å²) in [6.45, 7) is 8.06. The highest BCUT2D eigenvalue weighted by atomic mass is 32.2. The molecule has 0 amide bonds. The van der Waals surface area contributed by atoms with Crippen LogP contribution < -0.4 is 0 Å². The Bertz CT molecular complexity index is 284. The fraction of sp³-hybridized carbons (Fsp3) is 1.00. The molecule has 1 fully saturated rings. The van der Waals surface area contributed by atoms with Gasteiger partial charge in [0.1, 0.15) is 0 Å². The van der Waals surface area contributed by atoms with Crippen molar-refractivity contribution in [1.29, 1.82) is 0 Å². The predicted octanol–water partition coefficient (Wildman–Crippen LogP) is 1.18. The summed E-state index contributed by atoms with van der Waals surface area (Å²) in [7, 11) is -3.21. The first kappa shape index (κ1) is 11.9. The van der Waals surface area contributed by atoms with Crippen molar-refractivity contribution < 1.29 is 13.2 Å². The van der Waals surface area contributed by atoms with Gasteiger partial charge in [-0.05, 0) is 27.7 Å². The smallest absolute Gasteiger partial charge is 0.241 e. The van der Waals surface area contributed by atoms with Crippen molar-refractivity contribution in [3.8, 4) is 0 Å². The van der Waals surface area contributed by atoms with Crippen LogP contribution in [0.1, 0.15) is 34.1 Å². The molecule has 0 aromatic carbocycles. The molecule has 1 aliphatic heterocycles. The Morgan fingerprint density at radius 3 is 2.21 bits per heavy atom. The van der Waals surface area contributed by atoms with E-state index in [0.29, 0.717) is 13.0 Å². The normalized spacial score (nSPS) is 27.7. The summed E-state index contributed by atoms with van der Waals surface area (Å²) in [4.78, 5) is 0. The van der Waals surface area contributed by atoms with Gasteiger partial charge >= 0.3 is 0 Å². The van der Waals surface area contributed by atoms with Crippen molar-refractivity contribution in [2.45, 2.75) is 51.7 Å². The minimum atomic E-state index is -3.21. The maximum absolute atomic E-state index is 11.9. The van der Waals surface area contributed by atoms with Crippen LogP contribution in [0.25, 0.3) is 0 Å². The molecule has 0 N–H and O–H groups in total. The minimum absolute atomic E-state index is 0.0285. The van der Waals surface area contributed by atoms with Gasteiger partial charge in [0.2, 0.25) is 10.0 Å². The third-order valence-corrected chi connectivity index (χ3v) is 4.51. The van der Waals surface area contributed by atoms with Crippen LogP contribution in [0.5, 0.6) is 0 Å². The van der Waals surface area contributed by atoms with Crippen molar-refractivity contribution in [3.05, 3.63) is 0 Å².